The first kappa shape index (κ1) is 25.6. The van der Waals surface area contributed by atoms with Gasteiger partial charge in [0.2, 0.25) is 0 Å². The Morgan fingerprint density at radius 3 is 2.42 bits per heavy atom. The van der Waals surface area contributed by atoms with Crippen LogP contribution in [0.3, 0.4) is 0 Å². The third-order valence-electron chi connectivity index (χ3n) is 6.32. The number of hydrogen-bond donors (Lipinski definition) is 1. The van der Waals surface area contributed by atoms with Gasteiger partial charge in [-0.25, -0.2) is 4.79 Å². The van der Waals surface area contributed by atoms with E-state index < -0.39 is 12.6 Å². The van der Waals surface area contributed by atoms with Crippen LogP contribution in [0.5, 0.6) is 5.75 Å². The Bertz CT molecular complexity index is 1040. The Labute approximate surface area is 206 Å². The molecule has 0 radical (unpaired) electrons. The van der Waals surface area contributed by atoms with Crippen molar-refractivity contribution in [2.75, 3.05) is 6.61 Å². The van der Waals surface area contributed by atoms with Crippen LogP contribution in [0.2, 0.25) is 10.0 Å². The maximum Gasteiger partial charge on any atom is 0.341 e. The molecule has 1 N–H and O–H groups in total. The highest BCUT2D eigenvalue weighted by Crippen LogP contribution is 2.50. The van der Waals surface area contributed by atoms with Crippen LogP contribution in [0.1, 0.15) is 69.8 Å². The predicted molar refractivity (Wildman–Crippen MR) is 134 cm³/mol. The maximum absolute atomic E-state index is 11.2. The fraction of sp³-hybridized carbons (Fsp3) is 0.444. The van der Waals surface area contributed by atoms with Crippen molar-refractivity contribution in [3.05, 3.63) is 75.3 Å². The summed E-state index contributed by atoms with van der Waals surface area (Å²) >= 11 is 13.2. The standard InChI is InChI=1S/C27H32Cl2O4/c1-15(2)19-13-20(18-9-7-8-10-22(18)28)16(3)33-25(19)21-11-17(27(4,5)6)12-23(29)26(21)32-14-24(30)31/h7-12,16,19-20,25H,1,13-14H2,2-6H3,(H,30,31)/t16-,19-,20-,25-/m0/s1. The molecular formula is C27H32Cl2O4. The number of halogens is 2. The molecule has 2 aromatic carbocycles. The smallest absolute Gasteiger partial charge is 0.341 e. The van der Waals surface area contributed by atoms with Gasteiger partial charge < -0.3 is 14.6 Å². The van der Waals surface area contributed by atoms with Crippen molar-refractivity contribution in [2.24, 2.45) is 5.92 Å². The van der Waals surface area contributed by atoms with Crippen LogP contribution < -0.4 is 4.74 Å². The highest BCUT2D eigenvalue weighted by atomic mass is 35.5. The van der Waals surface area contributed by atoms with Crippen molar-refractivity contribution in [3.63, 3.8) is 0 Å². The average Bonchev–Trinajstić information content (AvgIpc) is 2.71. The quantitative estimate of drug-likeness (QED) is 0.423. The van der Waals surface area contributed by atoms with Crippen molar-refractivity contribution in [2.45, 2.75) is 64.6 Å². The molecular weight excluding hydrogens is 459 g/mol. The van der Waals surface area contributed by atoms with Gasteiger partial charge in [-0.05, 0) is 55.0 Å². The molecule has 1 heterocycles. The molecule has 4 atom stereocenters. The monoisotopic (exact) mass is 490 g/mol. The molecule has 0 saturated carbocycles. The molecule has 6 heteroatoms. The number of rotatable bonds is 6. The number of aliphatic carboxylic acids is 1. The van der Waals surface area contributed by atoms with Gasteiger partial charge in [-0.1, -0.05) is 74.3 Å². The van der Waals surface area contributed by atoms with E-state index in [9.17, 15) is 9.90 Å². The Morgan fingerprint density at radius 2 is 1.85 bits per heavy atom. The van der Waals surface area contributed by atoms with Crippen molar-refractivity contribution in [1.29, 1.82) is 0 Å². The average molecular weight is 491 g/mol. The van der Waals surface area contributed by atoms with Gasteiger partial charge in [-0.15, -0.1) is 0 Å². The molecule has 33 heavy (non-hydrogen) atoms. The lowest BCUT2D eigenvalue weighted by Crippen LogP contribution is -2.35. The topological polar surface area (TPSA) is 55.8 Å². The Kier molecular flexibility index (Phi) is 7.83. The zero-order chi connectivity index (χ0) is 24.5. The first-order valence-corrected chi connectivity index (χ1v) is 11.9. The summed E-state index contributed by atoms with van der Waals surface area (Å²) in [5, 5.41) is 10.3. The Morgan fingerprint density at radius 1 is 1.18 bits per heavy atom. The molecule has 4 nitrogen and oxygen atoms in total. The molecule has 1 aliphatic rings. The maximum atomic E-state index is 11.2. The van der Waals surface area contributed by atoms with E-state index in [-0.39, 0.29) is 29.5 Å². The fourth-order valence-electron chi connectivity index (χ4n) is 4.46. The number of ether oxygens (including phenoxy) is 2. The van der Waals surface area contributed by atoms with E-state index in [4.69, 9.17) is 32.7 Å². The minimum Gasteiger partial charge on any atom is -0.480 e. The third-order valence-corrected chi connectivity index (χ3v) is 6.95. The zero-order valence-corrected chi connectivity index (χ0v) is 21.3. The molecule has 1 saturated heterocycles. The fourth-order valence-corrected chi connectivity index (χ4v) is 5.02. The van der Waals surface area contributed by atoms with E-state index in [1.165, 1.54) is 0 Å². The number of benzene rings is 2. The van der Waals surface area contributed by atoms with Gasteiger partial charge in [-0.3, -0.25) is 0 Å². The molecule has 0 unspecified atom stereocenters. The Balaban J connectivity index is 2.09. The van der Waals surface area contributed by atoms with Crippen LogP contribution in [-0.4, -0.2) is 23.8 Å². The second-order valence-electron chi connectivity index (χ2n) is 9.89. The number of hydrogen-bond acceptors (Lipinski definition) is 3. The molecule has 2 aromatic rings. The van der Waals surface area contributed by atoms with Crippen molar-refractivity contribution >= 4 is 29.2 Å². The minimum absolute atomic E-state index is 0.0269. The van der Waals surface area contributed by atoms with Gasteiger partial charge in [0.15, 0.2) is 6.61 Å². The van der Waals surface area contributed by atoms with E-state index in [0.717, 1.165) is 33.7 Å². The van der Waals surface area contributed by atoms with Crippen LogP contribution in [0.15, 0.2) is 48.6 Å². The molecule has 1 aliphatic heterocycles. The van der Waals surface area contributed by atoms with E-state index in [2.05, 4.69) is 27.4 Å². The molecule has 0 spiro atoms. The van der Waals surface area contributed by atoms with Crippen LogP contribution in [0.25, 0.3) is 0 Å². The van der Waals surface area contributed by atoms with Gasteiger partial charge in [0.25, 0.3) is 0 Å². The second kappa shape index (κ2) is 10.1. The number of carbonyl (C=O) groups is 1. The summed E-state index contributed by atoms with van der Waals surface area (Å²) < 4.78 is 12.3. The van der Waals surface area contributed by atoms with E-state index >= 15 is 0 Å². The second-order valence-corrected chi connectivity index (χ2v) is 10.7. The van der Waals surface area contributed by atoms with Gasteiger partial charge in [-0.2, -0.15) is 0 Å². The van der Waals surface area contributed by atoms with Crippen LogP contribution in [-0.2, 0) is 14.9 Å². The van der Waals surface area contributed by atoms with Crippen molar-refractivity contribution in [1.82, 2.24) is 0 Å². The first-order valence-electron chi connectivity index (χ1n) is 11.1. The molecule has 1 fully saturated rings. The third kappa shape index (κ3) is 5.74. The van der Waals surface area contributed by atoms with E-state index in [1.54, 1.807) is 0 Å². The lowest BCUT2D eigenvalue weighted by atomic mass is 9.75. The summed E-state index contributed by atoms with van der Waals surface area (Å²) in [4.78, 5) is 11.2. The molecule has 0 amide bonds. The lowest BCUT2D eigenvalue weighted by Gasteiger charge is -2.42. The molecule has 3 rings (SSSR count). The summed E-state index contributed by atoms with van der Waals surface area (Å²) in [5.41, 5.74) is 3.65. The van der Waals surface area contributed by atoms with E-state index in [1.807, 2.05) is 50.2 Å². The van der Waals surface area contributed by atoms with Gasteiger partial charge in [0.05, 0.1) is 17.2 Å². The number of carboxylic acid groups (broad SMARTS) is 1. The summed E-state index contributed by atoms with van der Waals surface area (Å²) in [6.07, 6.45) is 0.287. The predicted octanol–water partition coefficient (Wildman–Crippen LogP) is 7.58. The van der Waals surface area contributed by atoms with Crippen molar-refractivity contribution < 1.29 is 19.4 Å². The summed E-state index contributed by atoms with van der Waals surface area (Å²) in [6.45, 7) is 14.1. The van der Waals surface area contributed by atoms with Crippen LogP contribution in [0, 0.1) is 5.92 Å². The molecule has 0 aromatic heterocycles. The zero-order valence-electron chi connectivity index (χ0n) is 19.8. The SMILES string of the molecule is C=C(C)[C@@H]1C[C@H](c2ccccc2Cl)[C@H](C)O[C@@H]1c1cc(C(C)(C)C)cc(Cl)c1OCC(=O)O. The highest BCUT2D eigenvalue weighted by Gasteiger charge is 2.40. The number of carboxylic acids is 1. The van der Waals surface area contributed by atoms with Gasteiger partial charge in [0, 0.05) is 22.4 Å². The largest absolute Gasteiger partial charge is 0.480 e. The van der Waals surface area contributed by atoms with Crippen molar-refractivity contribution in [3.8, 4) is 5.75 Å². The first-order chi connectivity index (χ1) is 15.4. The summed E-state index contributed by atoms with van der Waals surface area (Å²) in [5.74, 6) is -0.640. The minimum atomic E-state index is -1.06. The van der Waals surface area contributed by atoms with Crippen LogP contribution in [0.4, 0.5) is 0 Å². The summed E-state index contributed by atoms with van der Waals surface area (Å²) in [6, 6.07) is 11.7. The molecule has 0 bridgehead atoms. The van der Waals surface area contributed by atoms with E-state index in [0.29, 0.717) is 10.8 Å². The normalized spacial score (nSPS) is 23.2. The molecule has 178 valence electrons. The van der Waals surface area contributed by atoms with Gasteiger partial charge in [0.1, 0.15) is 5.75 Å². The lowest BCUT2D eigenvalue weighted by molar-refractivity contribution is -0.139. The Hall–Kier alpha value is -2.01. The molecule has 0 aliphatic carbocycles. The van der Waals surface area contributed by atoms with Crippen LogP contribution >= 0.6 is 23.2 Å². The highest BCUT2D eigenvalue weighted by molar-refractivity contribution is 6.32. The summed E-state index contributed by atoms with van der Waals surface area (Å²) in [7, 11) is 0. The van der Waals surface area contributed by atoms with Gasteiger partial charge >= 0.3 is 5.97 Å².